The molecule has 0 amide bonds. The van der Waals surface area contributed by atoms with Gasteiger partial charge in [0.05, 0.1) is 0 Å². The summed E-state index contributed by atoms with van der Waals surface area (Å²) in [5.74, 6) is 4.57. The van der Waals surface area contributed by atoms with Crippen molar-refractivity contribution < 1.29 is 10.2 Å². The molecule has 0 aromatic rings. The van der Waals surface area contributed by atoms with Crippen molar-refractivity contribution >= 4 is 0 Å². The lowest BCUT2D eigenvalue weighted by atomic mass is 10.1. The Morgan fingerprint density at radius 1 is 0.438 bits per heavy atom. The van der Waals surface area contributed by atoms with Gasteiger partial charge in [-0.1, -0.05) is 100 Å². The van der Waals surface area contributed by atoms with Crippen molar-refractivity contribution in [2.75, 3.05) is 0 Å². The van der Waals surface area contributed by atoms with Crippen LogP contribution in [0.4, 0.5) is 0 Å². The molecular weight excluding hydrogens is 392 g/mol. The van der Waals surface area contributed by atoms with Crippen LogP contribution in [0.1, 0.15) is 116 Å². The van der Waals surface area contributed by atoms with Gasteiger partial charge in [-0.15, -0.1) is 12.8 Å². The smallest absolute Gasteiger partial charge is 0.133 e. The first-order valence-electron chi connectivity index (χ1n) is 13.0. The largest absolute Gasteiger partial charge is 0.377 e. The number of aliphatic hydroxyl groups is 2. The molecule has 0 aliphatic heterocycles. The average molecular weight is 441 g/mol. The highest BCUT2D eigenvalue weighted by Gasteiger charge is 1.94. The zero-order valence-electron chi connectivity index (χ0n) is 20.4. The van der Waals surface area contributed by atoms with Crippen LogP contribution in [-0.2, 0) is 0 Å². The van der Waals surface area contributed by atoms with Crippen molar-refractivity contribution in [3.8, 4) is 24.7 Å². The van der Waals surface area contributed by atoms with Gasteiger partial charge in [-0.3, -0.25) is 0 Å². The van der Waals surface area contributed by atoms with E-state index in [9.17, 15) is 10.2 Å². The highest BCUT2D eigenvalue weighted by atomic mass is 16.3. The zero-order valence-corrected chi connectivity index (χ0v) is 20.4. The third kappa shape index (κ3) is 24.5. The summed E-state index contributed by atoms with van der Waals surface area (Å²) in [5.41, 5.74) is 0. The fraction of sp³-hybridized carbons (Fsp3) is 0.667. The van der Waals surface area contributed by atoms with E-state index in [1.807, 2.05) is 12.2 Å². The molecule has 0 spiro atoms. The Balaban J connectivity index is 3.21. The summed E-state index contributed by atoms with van der Waals surface area (Å²) < 4.78 is 0. The maximum Gasteiger partial charge on any atom is 0.133 e. The maximum absolute atomic E-state index is 9.21. The molecule has 0 aliphatic rings. The Labute approximate surface area is 199 Å². The van der Waals surface area contributed by atoms with Crippen LogP contribution in [0, 0.1) is 24.7 Å². The molecule has 32 heavy (non-hydrogen) atoms. The van der Waals surface area contributed by atoms with Gasteiger partial charge in [0.1, 0.15) is 12.2 Å². The summed E-state index contributed by atoms with van der Waals surface area (Å²) in [6.07, 6.45) is 43.7. The van der Waals surface area contributed by atoms with Crippen LogP contribution >= 0.6 is 0 Å². The Hall–Kier alpha value is -1.74. The Morgan fingerprint density at radius 2 is 0.688 bits per heavy atom. The minimum Gasteiger partial charge on any atom is -0.377 e. The van der Waals surface area contributed by atoms with Crippen molar-refractivity contribution in [2.45, 2.75) is 128 Å². The Bertz CT molecular complexity index is 508. The fourth-order valence-corrected chi connectivity index (χ4v) is 3.61. The van der Waals surface area contributed by atoms with Gasteiger partial charge in [-0.25, -0.2) is 0 Å². The Kier molecular flexibility index (Phi) is 24.1. The van der Waals surface area contributed by atoms with E-state index in [-0.39, 0.29) is 0 Å². The third-order valence-corrected chi connectivity index (χ3v) is 5.63. The molecule has 0 rings (SSSR count). The van der Waals surface area contributed by atoms with Crippen LogP contribution in [0.2, 0.25) is 0 Å². The van der Waals surface area contributed by atoms with E-state index in [4.69, 9.17) is 12.8 Å². The molecular formula is C30H48O2. The van der Waals surface area contributed by atoms with E-state index in [1.165, 1.54) is 103 Å². The van der Waals surface area contributed by atoms with Gasteiger partial charge in [0.25, 0.3) is 0 Å². The molecule has 0 saturated carbocycles. The van der Waals surface area contributed by atoms with Gasteiger partial charge >= 0.3 is 0 Å². The van der Waals surface area contributed by atoms with E-state index >= 15 is 0 Å². The van der Waals surface area contributed by atoms with E-state index in [1.54, 1.807) is 12.2 Å². The molecule has 2 heteroatoms. The Morgan fingerprint density at radius 3 is 0.969 bits per heavy atom. The van der Waals surface area contributed by atoms with Crippen LogP contribution in [0.5, 0.6) is 0 Å². The standard InChI is InChI=1S/C30H48O2/c1-3-29(31)27-25-23-21-19-17-15-13-11-9-7-5-6-8-10-12-14-16-18-20-22-24-26-28-30(32)4-2/h1-2,5-6,25-32H,7-24H2/b6-5?,27-25+,28-26+/t29-,30-/m0/s1. The van der Waals surface area contributed by atoms with Crippen molar-refractivity contribution in [3.63, 3.8) is 0 Å². The molecule has 0 radical (unpaired) electrons. The minimum absolute atomic E-state index is 0.721. The highest BCUT2D eigenvalue weighted by molar-refractivity contribution is 5.06. The zero-order chi connectivity index (χ0) is 23.5. The molecule has 0 saturated heterocycles. The SMILES string of the molecule is C#C[C@H](O)/C=C/CCCCCCCCCC=CCCCCCCCCC/C=C/[C@@H](O)C#C. The molecule has 2 atom stereocenters. The first-order chi connectivity index (χ1) is 15.7. The minimum atomic E-state index is -0.721. The second kappa shape index (κ2) is 25.5. The fourth-order valence-electron chi connectivity index (χ4n) is 3.61. The molecule has 0 bridgehead atoms. The van der Waals surface area contributed by atoms with Crippen molar-refractivity contribution in [1.29, 1.82) is 0 Å². The topological polar surface area (TPSA) is 40.5 Å². The quantitative estimate of drug-likeness (QED) is 0.103. The molecule has 0 unspecified atom stereocenters. The summed E-state index contributed by atoms with van der Waals surface area (Å²) in [7, 11) is 0. The molecule has 0 aromatic heterocycles. The number of hydrogen-bond donors (Lipinski definition) is 2. The predicted octanol–water partition coefficient (Wildman–Crippen LogP) is 7.67. The molecule has 0 heterocycles. The van der Waals surface area contributed by atoms with Crippen molar-refractivity contribution in [3.05, 3.63) is 36.5 Å². The van der Waals surface area contributed by atoms with Crippen LogP contribution in [0.3, 0.4) is 0 Å². The summed E-state index contributed by atoms with van der Waals surface area (Å²) in [6.45, 7) is 0. The molecule has 0 aromatic carbocycles. The van der Waals surface area contributed by atoms with Crippen LogP contribution in [-0.4, -0.2) is 22.4 Å². The number of aliphatic hydroxyl groups excluding tert-OH is 2. The first-order valence-corrected chi connectivity index (χ1v) is 13.0. The number of terminal acetylenes is 2. The van der Waals surface area contributed by atoms with E-state index in [2.05, 4.69) is 24.0 Å². The van der Waals surface area contributed by atoms with Crippen molar-refractivity contribution in [1.82, 2.24) is 0 Å². The highest BCUT2D eigenvalue weighted by Crippen LogP contribution is 2.12. The lowest BCUT2D eigenvalue weighted by Gasteiger charge is -2.01. The van der Waals surface area contributed by atoms with Crippen LogP contribution in [0.25, 0.3) is 0 Å². The number of hydrogen-bond acceptors (Lipinski definition) is 2. The predicted molar refractivity (Wildman–Crippen MR) is 140 cm³/mol. The summed E-state index contributed by atoms with van der Waals surface area (Å²) in [5, 5.41) is 18.4. The monoisotopic (exact) mass is 440 g/mol. The van der Waals surface area contributed by atoms with Gasteiger partial charge in [0.2, 0.25) is 0 Å². The lowest BCUT2D eigenvalue weighted by Crippen LogP contribution is -1.95. The van der Waals surface area contributed by atoms with E-state index in [0.29, 0.717) is 0 Å². The number of allylic oxidation sites excluding steroid dienone is 4. The first kappa shape index (κ1) is 30.3. The second-order valence-corrected chi connectivity index (χ2v) is 8.66. The van der Waals surface area contributed by atoms with Crippen LogP contribution in [0.15, 0.2) is 36.5 Å². The third-order valence-electron chi connectivity index (χ3n) is 5.63. The average Bonchev–Trinajstić information content (AvgIpc) is 2.81. The molecule has 0 fully saturated rings. The van der Waals surface area contributed by atoms with Gasteiger partial charge in [0, 0.05) is 0 Å². The van der Waals surface area contributed by atoms with E-state index < -0.39 is 12.2 Å². The van der Waals surface area contributed by atoms with Crippen LogP contribution < -0.4 is 0 Å². The molecule has 2 nitrogen and oxygen atoms in total. The molecule has 2 N–H and O–H groups in total. The number of rotatable bonds is 22. The molecule has 0 aliphatic carbocycles. The normalized spacial score (nSPS) is 13.6. The van der Waals surface area contributed by atoms with Crippen molar-refractivity contribution in [2.24, 2.45) is 0 Å². The molecule has 180 valence electrons. The van der Waals surface area contributed by atoms with Gasteiger partial charge in [-0.05, 0) is 63.5 Å². The number of unbranched alkanes of at least 4 members (excludes halogenated alkanes) is 16. The summed E-state index contributed by atoms with van der Waals surface area (Å²) in [4.78, 5) is 0. The van der Waals surface area contributed by atoms with E-state index in [0.717, 1.165) is 12.8 Å². The lowest BCUT2D eigenvalue weighted by molar-refractivity contribution is 0.280. The summed E-state index contributed by atoms with van der Waals surface area (Å²) >= 11 is 0. The summed E-state index contributed by atoms with van der Waals surface area (Å²) in [6, 6.07) is 0. The van der Waals surface area contributed by atoms with Gasteiger partial charge in [-0.2, -0.15) is 0 Å². The maximum atomic E-state index is 9.21. The second-order valence-electron chi connectivity index (χ2n) is 8.66. The van der Waals surface area contributed by atoms with Gasteiger partial charge < -0.3 is 10.2 Å². The van der Waals surface area contributed by atoms with Gasteiger partial charge in [0.15, 0.2) is 0 Å².